The molecule has 2 heterocycles. The molecule has 0 aliphatic rings. The van der Waals surface area contributed by atoms with Crippen molar-refractivity contribution in [1.29, 1.82) is 0 Å². The highest BCUT2D eigenvalue weighted by Crippen LogP contribution is 2.37. The third-order valence-corrected chi connectivity index (χ3v) is 6.44. The fourth-order valence-electron chi connectivity index (χ4n) is 3.80. The van der Waals surface area contributed by atoms with Crippen molar-refractivity contribution in [2.45, 2.75) is 66.3 Å². The van der Waals surface area contributed by atoms with Crippen LogP contribution >= 0.6 is 11.3 Å². The van der Waals surface area contributed by atoms with E-state index in [1.54, 1.807) is 27.7 Å². The molecule has 1 aromatic carbocycles. The van der Waals surface area contributed by atoms with E-state index in [9.17, 15) is 9.59 Å². The third-order valence-electron chi connectivity index (χ3n) is 5.44. The Morgan fingerprint density at radius 2 is 1.70 bits per heavy atom. The summed E-state index contributed by atoms with van der Waals surface area (Å²) in [5.74, 6) is 0.0563. The monoisotopic (exact) mass is 426 g/mol. The van der Waals surface area contributed by atoms with E-state index >= 15 is 0 Å². The molecular weight excluding hydrogens is 396 g/mol. The highest BCUT2D eigenvalue weighted by atomic mass is 32.1. The molecule has 0 aliphatic carbocycles. The van der Waals surface area contributed by atoms with Gasteiger partial charge in [-0.1, -0.05) is 45.0 Å². The number of carbonyl (C=O) groups is 1. The van der Waals surface area contributed by atoms with Gasteiger partial charge in [-0.15, -0.1) is 11.3 Å². The average molecular weight is 427 g/mol. The normalized spacial score (nSPS) is 12.4. The number of nitrogens with zero attached hydrogens (tertiary/aromatic N) is 2. The summed E-state index contributed by atoms with van der Waals surface area (Å²) >= 11 is 1.51. The largest absolute Gasteiger partial charge is 0.464 e. The number of esters is 1. The maximum absolute atomic E-state index is 13.7. The van der Waals surface area contributed by atoms with Gasteiger partial charge in [-0.3, -0.25) is 9.36 Å². The van der Waals surface area contributed by atoms with Crippen molar-refractivity contribution in [3.8, 4) is 11.1 Å². The van der Waals surface area contributed by atoms with E-state index in [0.717, 1.165) is 16.0 Å². The van der Waals surface area contributed by atoms with Gasteiger partial charge >= 0.3 is 5.97 Å². The molecule has 0 atom stereocenters. The summed E-state index contributed by atoms with van der Waals surface area (Å²) < 4.78 is 6.69. The van der Waals surface area contributed by atoms with Crippen molar-refractivity contribution >= 4 is 27.5 Å². The van der Waals surface area contributed by atoms with Gasteiger partial charge in [0.15, 0.2) is 0 Å². The number of benzene rings is 1. The minimum Gasteiger partial charge on any atom is -0.464 e. The maximum Gasteiger partial charge on any atom is 0.331 e. The topological polar surface area (TPSA) is 61.2 Å². The van der Waals surface area contributed by atoms with E-state index in [1.807, 2.05) is 6.92 Å². The molecule has 0 radical (unpaired) electrons. The van der Waals surface area contributed by atoms with E-state index in [-0.39, 0.29) is 17.6 Å². The number of carbonyl (C=O) groups excluding carboxylic acids is 1. The molecule has 0 amide bonds. The third kappa shape index (κ3) is 3.69. The molecule has 0 fully saturated rings. The van der Waals surface area contributed by atoms with Gasteiger partial charge < -0.3 is 4.74 Å². The summed E-state index contributed by atoms with van der Waals surface area (Å²) in [6.45, 7) is 15.7. The molecule has 0 saturated carbocycles. The lowest BCUT2D eigenvalue weighted by Crippen LogP contribution is -2.45. The molecule has 160 valence electrons. The van der Waals surface area contributed by atoms with Crippen LogP contribution < -0.4 is 5.56 Å². The molecule has 0 unspecified atom stereocenters. The lowest BCUT2D eigenvalue weighted by Gasteiger charge is -2.26. The Labute approximate surface area is 181 Å². The van der Waals surface area contributed by atoms with Crippen molar-refractivity contribution < 1.29 is 9.53 Å². The van der Waals surface area contributed by atoms with Crippen LogP contribution in [-0.2, 0) is 20.5 Å². The number of hydrogen-bond donors (Lipinski definition) is 0. The van der Waals surface area contributed by atoms with Crippen LogP contribution in [0.3, 0.4) is 0 Å². The molecule has 0 bridgehead atoms. The summed E-state index contributed by atoms with van der Waals surface area (Å²) in [6, 6.07) is 8.35. The first-order valence-corrected chi connectivity index (χ1v) is 11.0. The standard InChI is InChI=1S/C24H30N2O3S/c1-9-29-22(28)24(7,8)26-15(3)25-20-19(21(26)27)18(14(2)30-20)16-10-12-17(13-11-16)23(4,5)6/h10-13H,9H2,1-8H3. The zero-order valence-corrected chi connectivity index (χ0v) is 19.9. The number of hydrogen-bond acceptors (Lipinski definition) is 5. The van der Waals surface area contributed by atoms with Gasteiger partial charge in [0, 0.05) is 10.4 Å². The minimum atomic E-state index is -1.15. The first-order valence-electron chi connectivity index (χ1n) is 10.2. The number of ether oxygens (including phenoxy) is 1. The molecule has 0 saturated heterocycles. The van der Waals surface area contributed by atoms with Gasteiger partial charge in [0.2, 0.25) is 0 Å². The molecule has 0 spiro atoms. The molecule has 30 heavy (non-hydrogen) atoms. The molecule has 0 N–H and O–H groups in total. The van der Waals surface area contributed by atoms with Crippen LogP contribution in [0.5, 0.6) is 0 Å². The van der Waals surface area contributed by atoms with Crippen molar-refractivity contribution in [2.75, 3.05) is 6.61 Å². The fraction of sp³-hybridized carbons (Fsp3) is 0.458. The highest BCUT2D eigenvalue weighted by molar-refractivity contribution is 7.19. The van der Waals surface area contributed by atoms with E-state index in [0.29, 0.717) is 16.0 Å². The van der Waals surface area contributed by atoms with Crippen LogP contribution in [0.2, 0.25) is 0 Å². The van der Waals surface area contributed by atoms with Crippen molar-refractivity contribution in [1.82, 2.24) is 9.55 Å². The first kappa shape index (κ1) is 22.2. The predicted octanol–water partition coefficient (Wildman–Crippen LogP) is 5.34. The summed E-state index contributed by atoms with van der Waals surface area (Å²) in [5.41, 5.74) is 1.80. The second-order valence-electron chi connectivity index (χ2n) is 9.12. The Balaban J connectivity index is 2.27. The number of aryl methyl sites for hydroxylation is 2. The molecule has 5 nitrogen and oxygen atoms in total. The van der Waals surface area contributed by atoms with Gasteiger partial charge in [0.25, 0.3) is 5.56 Å². The SMILES string of the molecule is CCOC(=O)C(C)(C)n1c(C)nc2sc(C)c(-c3ccc(C(C)(C)C)cc3)c2c1=O. The van der Waals surface area contributed by atoms with Crippen LogP contribution in [0.1, 0.15) is 57.8 Å². The average Bonchev–Trinajstić information content (AvgIpc) is 2.97. The molecule has 2 aromatic heterocycles. The van der Waals surface area contributed by atoms with Gasteiger partial charge in [-0.2, -0.15) is 0 Å². The van der Waals surface area contributed by atoms with Gasteiger partial charge in [0.1, 0.15) is 16.2 Å². The lowest BCUT2D eigenvalue weighted by atomic mass is 9.86. The van der Waals surface area contributed by atoms with Crippen LogP contribution in [-0.4, -0.2) is 22.1 Å². The lowest BCUT2D eigenvalue weighted by molar-refractivity contribution is -0.152. The zero-order chi connectivity index (χ0) is 22.4. The van der Waals surface area contributed by atoms with E-state index in [2.05, 4.69) is 50.0 Å². The van der Waals surface area contributed by atoms with E-state index < -0.39 is 11.5 Å². The maximum atomic E-state index is 13.7. The molecular formula is C24H30N2O3S. The molecule has 0 aliphatic heterocycles. The second-order valence-corrected chi connectivity index (χ2v) is 10.3. The van der Waals surface area contributed by atoms with Crippen molar-refractivity contribution in [2.24, 2.45) is 0 Å². The molecule has 3 aromatic rings. The Hall–Kier alpha value is -2.47. The Bertz CT molecular complexity index is 1160. The van der Waals surface area contributed by atoms with Crippen LogP contribution in [0.4, 0.5) is 0 Å². The van der Waals surface area contributed by atoms with Crippen LogP contribution in [0.25, 0.3) is 21.3 Å². The van der Waals surface area contributed by atoms with E-state index in [1.165, 1.54) is 21.5 Å². The van der Waals surface area contributed by atoms with Gasteiger partial charge in [-0.05, 0) is 51.2 Å². The predicted molar refractivity (Wildman–Crippen MR) is 123 cm³/mol. The first-order chi connectivity index (χ1) is 13.9. The smallest absolute Gasteiger partial charge is 0.331 e. The Kier molecular flexibility index (Phi) is 5.67. The quantitative estimate of drug-likeness (QED) is 0.529. The van der Waals surface area contributed by atoms with E-state index in [4.69, 9.17) is 4.74 Å². The Morgan fingerprint density at radius 3 is 2.23 bits per heavy atom. The Morgan fingerprint density at radius 1 is 1.10 bits per heavy atom. The summed E-state index contributed by atoms with van der Waals surface area (Å²) in [6.07, 6.45) is 0. The van der Waals surface area contributed by atoms with Crippen LogP contribution in [0, 0.1) is 13.8 Å². The number of aromatic nitrogens is 2. The van der Waals surface area contributed by atoms with Gasteiger partial charge in [-0.25, -0.2) is 9.78 Å². The summed E-state index contributed by atoms with van der Waals surface area (Å²) in [4.78, 5) is 32.7. The van der Waals surface area contributed by atoms with Crippen molar-refractivity contribution in [3.63, 3.8) is 0 Å². The zero-order valence-electron chi connectivity index (χ0n) is 19.0. The molecule has 6 heteroatoms. The number of thiophene rings is 1. The summed E-state index contributed by atoms with van der Waals surface area (Å²) in [7, 11) is 0. The minimum absolute atomic E-state index is 0.0549. The van der Waals surface area contributed by atoms with Crippen molar-refractivity contribution in [3.05, 3.63) is 50.9 Å². The number of rotatable bonds is 4. The fourth-order valence-corrected chi connectivity index (χ4v) is 4.89. The highest BCUT2D eigenvalue weighted by Gasteiger charge is 2.35. The van der Waals surface area contributed by atoms with Crippen LogP contribution in [0.15, 0.2) is 29.1 Å². The van der Waals surface area contributed by atoms with Gasteiger partial charge in [0.05, 0.1) is 12.0 Å². The summed E-state index contributed by atoms with van der Waals surface area (Å²) in [5, 5.41) is 0.559. The molecule has 3 rings (SSSR count). The second kappa shape index (κ2) is 7.65. The number of fused-ring (bicyclic) bond motifs is 1.